The second kappa shape index (κ2) is 11.2. The Hall–Kier alpha value is -4.33. The second-order valence-corrected chi connectivity index (χ2v) is 9.41. The highest BCUT2D eigenvalue weighted by atomic mass is 35.5. The maximum absolute atomic E-state index is 13.3. The van der Waals surface area contributed by atoms with Crippen LogP contribution in [0.5, 0.6) is 11.5 Å². The number of halogens is 2. The van der Waals surface area contributed by atoms with Crippen LogP contribution in [0.3, 0.4) is 0 Å². The van der Waals surface area contributed by atoms with E-state index >= 15 is 0 Å². The molecule has 0 aromatic heterocycles. The van der Waals surface area contributed by atoms with E-state index in [1.807, 2.05) is 49.4 Å². The van der Waals surface area contributed by atoms with Crippen molar-refractivity contribution >= 4 is 63.6 Å². The highest BCUT2D eigenvalue weighted by Gasteiger charge is 2.37. The molecule has 1 fully saturated rings. The Morgan fingerprint density at radius 2 is 1.62 bits per heavy atom. The summed E-state index contributed by atoms with van der Waals surface area (Å²) in [6.45, 7) is 2.39. The van der Waals surface area contributed by atoms with Crippen molar-refractivity contribution in [3.05, 3.63) is 106 Å². The van der Waals surface area contributed by atoms with Crippen LogP contribution in [0.2, 0.25) is 10.0 Å². The van der Waals surface area contributed by atoms with Crippen molar-refractivity contribution in [3.63, 3.8) is 0 Å². The topological polar surface area (TPSA) is 84.9 Å². The molecule has 0 spiro atoms. The number of fused-ring (bicyclic) bond motifs is 1. The molecule has 0 unspecified atom stereocenters. The molecule has 4 aromatic rings. The van der Waals surface area contributed by atoms with Gasteiger partial charge < -0.3 is 9.47 Å². The van der Waals surface area contributed by atoms with Crippen molar-refractivity contribution < 1.29 is 23.9 Å². The van der Waals surface area contributed by atoms with Gasteiger partial charge in [0.1, 0.15) is 12.2 Å². The number of amides is 4. The monoisotopic (exact) mass is 560 g/mol. The Kier molecular flexibility index (Phi) is 7.54. The number of urea groups is 1. The Morgan fingerprint density at radius 1 is 0.872 bits per heavy atom. The van der Waals surface area contributed by atoms with E-state index in [1.165, 1.54) is 12.1 Å². The van der Waals surface area contributed by atoms with Gasteiger partial charge in [0.2, 0.25) is 0 Å². The molecule has 0 radical (unpaired) electrons. The minimum absolute atomic E-state index is 0.158. The first-order chi connectivity index (χ1) is 18.9. The van der Waals surface area contributed by atoms with Crippen LogP contribution in [0.25, 0.3) is 16.8 Å². The van der Waals surface area contributed by atoms with E-state index in [0.29, 0.717) is 23.7 Å². The average Bonchev–Trinajstić information content (AvgIpc) is 2.92. The predicted octanol–water partition coefficient (Wildman–Crippen LogP) is 6.79. The molecule has 4 amide bonds. The van der Waals surface area contributed by atoms with Gasteiger partial charge in [-0.1, -0.05) is 77.8 Å². The number of carbonyl (C=O) groups is 3. The Morgan fingerprint density at radius 3 is 2.41 bits per heavy atom. The zero-order valence-electron chi connectivity index (χ0n) is 20.7. The molecule has 1 saturated heterocycles. The first-order valence-electron chi connectivity index (χ1n) is 12.1. The third-order valence-electron chi connectivity index (χ3n) is 6.09. The molecule has 9 heteroatoms. The summed E-state index contributed by atoms with van der Waals surface area (Å²) in [5.41, 5.74) is 1.28. The molecule has 39 heavy (non-hydrogen) atoms. The zero-order valence-corrected chi connectivity index (χ0v) is 22.3. The van der Waals surface area contributed by atoms with Gasteiger partial charge in [-0.25, -0.2) is 9.69 Å². The second-order valence-electron chi connectivity index (χ2n) is 8.60. The molecule has 1 aliphatic rings. The maximum atomic E-state index is 13.3. The van der Waals surface area contributed by atoms with Crippen LogP contribution in [0.1, 0.15) is 18.1 Å². The molecule has 1 N–H and O–H groups in total. The van der Waals surface area contributed by atoms with E-state index in [0.717, 1.165) is 21.2 Å². The van der Waals surface area contributed by atoms with Crippen LogP contribution in [-0.2, 0) is 16.2 Å². The number of nitrogens with one attached hydrogen (secondary N) is 1. The largest absolute Gasteiger partial charge is 0.490 e. The normalized spacial score (nSPS) is 14.6. The molecule has 7 nitrogen and oxygen atoms in total. The minimum atomic E-state index is -0.888. The van der Waals surface area contributed by atoms with E-state index in [9.17, 15) is 14.4 Å². The quantitative estimate of drug-likeness (QED) is 0.198. The number of ether oxygens (including phenoxy) is 2. The van der Waals surface area contributed by atoms with Crippen molar-refractivity contribution in [3.8, 4) is 11.5 Å². The van der Waals surface area contributed by atoms with Gasteiger partial charge in [-0.3, -0.25) is 14.9 Å². The van der Waals surface area contributed by atoms with E-state index in [4.69, 9.17) is 32.7 Å². The lowest BCUT2D eigenvalue weighted by atomic mass is 10.1. The third kappa shape index (κ3) is 5.32. The molecule has 0 saturated carbocycles. The molecule has 1 aliphatic heterocycles. The van der Waals surface area contributed by atoms with Crippen LogP contribution < -0.4 is 19.7 Å². The van der Waals surface area contributed by atoms with Crippen LogP contribution in [0.4, 0.5) is 10.5 Å². The Balaban J connectivity index is 1.47. The minimum Gasteiger partial charge on any atom is -0.490 e. The highest BCUT2D eigenvalue weighted by molar-refractivity contribution is 6.42. The molecule has 0 aliphatic carbocycles. The molecule has 4 aromatic carbocycles. The van der Waals surface area contributed by atoms with Crippen molar-refractivity contribution in [2.24, 2.45) is 0 Å². The number of barbiturate groups is 1. The molecule has 5 rings (SSSR count). The lowest BCUT2D eigenvalue weighted by molar-refractivity contribution is -0.122. The smallest absolute Gasteiger partial charge is 0.335 e. The first kappa shape index (κ1) is 26.3. The summed E-state index contributed by atoms with van der Waals surface area (Å²) in [4.78, 5) is 39.2. The van der Waals surface area contributed by atoms with Gasteiger partial charge in [-0.2, -0.15) is 0 Å². The summed E-state index contributed by atoms with van der Waals surface area (Å²) >= 11 is 12.8. The molecule has 0 bridgehead atoms. The van der Waals surface area contributed by atoms with E-state index in [1.54, 1.807) is 30.3 Å². The fourth-order valence-electron chi connectivity index (χ4n) is 4.32. The fourth-order valence-corrected chi connectivity index (χ4v) is 4.81. The SMILES string of the molecule is CCOc1cc(/C=C2\C(=O)NC(=O)N(c3ccccc3Cl)C2=O)cc(Cl)c1OCc1cccc2ccccc12. The number of rotatable bonds is 7. The lowest BCUT2D eigenvalue weighted by Crippen LogP contribution is -2.54. The van der Waals surface area contributed by atoms with E-state index < -0.39 is 17.8 Å². The number of benzene rings is 4. The van der Waals surface area contributed by atoms with Crippen molar-refractivity contribution in [1.82, 2.24) is 5.32 Å². The number of carbonyl (C=O) groups excluding carboxylic acids is 3. The molecule has 1 heterocycles. The standard InChI is InChI=1S/C30H22Cl2N2O5/c1-2-38-26-16-18(14-22-28(35)33-30(37)34(29(22)36)25-13-6-5-12-23(25)31)15-24(32)27(26)39-17-20-10-7-9-19-8-3-4-11-21(19)20/h3-16H,2,17H2,1H3,(H,33,35,37)/b22-14+. The molecule has 196 valence electrons. The average molecular weight is 561 g/mol. The lowest BCUT2D eigenvalue weighted by Gasteiger charge is -2.27. The molecular formula is C30H22Cl2N2O5. The number of hydrogen-bond donors (Lipinski definition) is 1. The van der Waals surface area contributed by atoms with Gasteiger partial charge in [0.15, 0.2) is 11.5 Å². The number of nitrogens with zero attached hydrogens (tertiary/aromatic N) is 1. The summed E-state index contributed by atoms with van der Waals surface area (Å²) < 4.78 is 11.9. The van der Waals surface area contributed by atoms with Crippen LogP contribution >= 0.6 is 23.2 Å². The molecular weight excluding hydrogens is 539 g/mol. The summed E-state index contributed by atoms with van der Waals surface area (Å²) in [7, 11) is 0. The zero-order chi connectivity index (χ0) is 27.5. The van der Waals surface area contributed by atoms with Gasteiger partial charge in [0.05, 0.1) is 22.3 Å². The van der Waals surface area contributed by atoms with Gasteiger partial charge >= 0.3 is 6.03 Å². The summed E-state index contributed by atoms with van der Waals surface area (Å²) in [6.07, 6.45) is 1.34. The Bertz CT molecular complexity index is 1640. The first-order valence-corrected chi connectivity index (χ1v) is 12.8. The van der Waals surface area contributed by atoms with Crippen molar-refractivity contribution in [1.29, 1.82) is 0 Å². The number of imide groups is 2. The van der Waals surface area contributed by atoms with Gasteiger partial charge in [0.25, 0.3) is 11.8 Å². The van der Waals surface area contributed by atoms with Gasteiger partial charge in [-0.15, -0.1) is 0 Å². The maximum Gasteiger partial charge on any atom is 0.335 e. The number of para-hydroxylation sites is 1. The predicted molar refractivity (Wildman–Crippen MR) is 151 cm³/mol. The van der Waals surface area contributed by atoms with Gasteiger partial charge in [0, 0.05) is 0 Å². The third-order valence-corrected chi connectivity index (χ3v) is 6.69. The van der Waals surface area contributed by atoms with Crippen LogP contribution in [0.15, 0.2) is 84.4 Å². The summed E-state index contributed by atoms with van der Waals surface area (Å²) in [6, 6.07) is 22.6. The number of hydrogen-bond acceptors (Lipinski definition) is 5. The number of anilines is 1. The Labute approximate surface area is 234 Å². The van der Waals surface area contributed by atoms with Crippen molar-refractivity contribution in [2.75, 3.05) is 11.5 Å². The highest BCUT2D eigenvalue weighted by Crippen LogP contribution is 2.38. The fraction of sp³-hybridized carbons (Fsp3) is 0.100. The van der Waals surface area contributed by atoms with E-state index in [2.05, 4.69) is 5.32 Å². The molecule has 0 atom stereocenters. The van der Waals surface area contributed by atoms with Crippen LogP contribution in [0, 0.1) is 0 Å². The van der Waals surface area contributed by atoms with Crippen LogP contribution in [-0.4, -0.2) is 24.5 Å². The van der Waals surface area contributed by atoms with E-state index in [-0.39, 0.29) is 27.9 Å². The summed E-state index contributed by atoms with van der Waals surface area (Å²) in [5, 5.41) is 4.76. The van der Waals surface area contributed by atoms with Crippen molar-refractivity contribution in [2.45, 2.75) is 13.5 Å². The van der Waals surface area contributed by atoms with Gasteiger partial charge in [-0.05, 0) is 59.2 Å². The summed E-state index contributed by atoms with van der Waals surface area (Å²) in [5.74, 6) is -0.971.